The van der Waals surface area contributed by atoms with Gasteiger partial charge in [-0.2, -0.15) is 0 Å². The number of hydrogen-bond acceptors (Lipinski definition) is 8. The first-order chi connectivity index (χ1) is 14.8. The zero-order chi connectivity index (χ0) is 22.3. The van der Waals surface area contributed by atoms with Crippen molar-refractivity contribution in [3.05, 3.63) is 36.4 Å². The Morgan fingerprint density at radius 2 is 1.74 bits per heavy atom. The molecule has 0 aromatic heterocycles. The zero-order valence-corrected chi connectivity index (χ0v) is 17.4. The number of carbonyl (C=O) groups is 4. The van der Waals surface area contributed by atoms with Crippen LogP contribution in [0.2, 0.25) is 0 Å². The van der Waals surface area contributed by atoms with Crippen LogP contribution in [0.4, 0.5) is 5.69 Å². The molecule has 0 unspecified atom stereocenters. The minimum Gasteiger partial charge on any atom is -0.494 e. The van der Waals surface area contributed by atoms with E-state index in [1.807, 2.05) is 6.92 Å². The van der Waals surface area contributed by atoms with Crippen LogP contribution in [0.5, 0.6) is 5.75 Å². The number of esters is 2. The number of fused-ring (bicyclic) bond motifs is 5. The van der Waals surface area contributed by atoms with Crippen LogP contribution in [0.1, 0.15) is 27.2 Å². The van der Waals surface area contributed by atoms with Crippen LogP contribution in [0.25, 0.3) is 0 Å². The third-order valence-corrected chi connectivity index (χ3v) is 5.56. The normalized spacial score (nSPS) is 28.3. The molecule has 164 valence electrons. The van der Waals surface area contributed by atoms with Gasteiger partial charge in [0, 0.05) is 13.8 Å². The summed E-state index contributed by atoms with van der Waals surface area (Å²) in [5, 5.41) is 0. The molecule has 0 aliphatic carbocycles. The van der Waals surface area contributed by atoms with Gasteiger partial charge >= 0.3 is 11.9 Å². The van der Waals surface area contributed by atoms with Gasteiger partial charge in [-0.1, -0.05) is 13.0 Å². The Balaban J connectivity index is 1.65. The minimum absolute atomic E-state index is 0.402. The molecule has 2 fully saturated rings. The standard InChI is InChI=1S/C22H23NO8/c1-4-11-28-15-7-5-14(6-8-15)23-19(26)17-16-9-10-22(31-16,18(17)20(23)27)21(29-12(2)24)30-13(3)25/h5-10,16-18,21H,4,11H2,1-3H3/t16-,17-,18-,22+/m0/s1. The maximum Gasteiger partial charge on any atom is 0.305 e. The molecular formula is C22H23NO8. The highest BCUT2D eigenvalue weighted by Gasteiger charge is 2.72. The third kappa shape index (κ3) is 3.38. The first-order valence-electron chi connectivity index (χ1n) is 10.1. The molecule has 2 bridgehead atoms. The Bertz CT molecular complexity index is 939. The van der Waals surface area contributed by atoms with Crippen LogP contribution in [0.15, 0.2) is 36.4 Å². The van der Waals surface area contributed by atoms with E-state index in [9.17, 15) is 19.2 Å². The molecule has 9 heteroatoms. The smallest absolute Gasteiger partial charge is 0.305 e. The maximum absolute atomic E-state index is 13.4. The zero-order valence-electron chi connectivity index (χ0n) is 17.4. The predicted molar refractivity (Wildman–Crippen MR) is 106 cm³/mol. The van der Waals surface area contributed by atoms with Crippen molar-refractivity contribution in [1.29, 1.82) is 0 Å². The SMILES string of the molecule is CCCOc1ccc(N2C(=O)[C@H]3[C@@H]4C=C[C@@](C(OC(C)=O)OC(C)=O)(O4)[C@@H]3C2=O)cc1. The average molecular weight is 429 g/mol. The lowest BCUT2D eigenvalue weighted by Gasteiger charge is -2.34. The number of rotatable bonds is 7. The number of imide groups is 1. The van der Waals surface area contributed by atoms with Gasteiger partial charge in [0.25, 0.3) is 6.29 Å². The van der Waals surface area contributed by atoms with Gasteiger partial charge in [-0.05, 0) is 36.8 Å². The Labute approximate surface area is 178 Å². The second-order valence-corrected chi connectivity index (χ2v) is 7.70. The summed E-state index contributed by atoms with van der Waals surface area (Å²) in [6, 6.07) is 6.67. The van der Waals surface area contributed by atoms with E-state index in [-0.39, 0.29) is 0 Å². The molecule has 31 heavy (non-hydrogen) atoms. The van der Waals surface area contributed by atoms with E-state index in [0.29, 0.717) is 18.0 Å². The van der Waals surface area contributed by atoms with E-state index in [4.69, 9.17) is 18.9 Å². The van der Waals surface area contributed by atoms with Crippen LogP contribution < -0.4 is 9.64 Å². The Kier molecular flexibility index (Phi) is 5.30. The number of benzene rings is 1. The summed E-state index contributed by atoms with van der Waals surface area (Å²) < 4.78 is 21.9. The first-order valence-corrected chi connectivity index (χ1v) is 10.1. The molecule has 4 atom stereocenters. The topological polar surface area (TPSA) is 108 Å². The second kappa shape index (κ2) is 7.81. The summed E-state index contributed by atoms with van der Waals surface area (Å²) in [5.41, 5.74) is -1.16. The number of carbonyl (C=O) groups excluding carboxylic acids is 4. The molecule has 3 heterocycles. The fourth-order valence-corrected chi connectivity index (χ4v) is 4.38. The van der Waals surface area contributed by atoms with Crippen molar-refractivity contribution in [3.63, 3.8) is 0 Å². The highest BCUT2D eigenvalue weighted by atomic mass is 16.7. The lowest BCUT2D eigenvalue weighted by Crippen LogP contribution is -2.52. The lowest BCUT2D eigenvalue weighted by molar-refractivity contribution is -0.226. The van der Waals surface area contributed by atoms with Gasteiger partial charge in [-0.25, -0.2) is 4.90 Å². The summed E-state index contributed by atoms with van der Waals surface area (Å²) >= 11 is 0. The summed E-state index contributed by atoms with van der Waals surface area (Å²) in [6.07, 6.45) is 1.87. The average Bonchev–Trinajstić information content (AvgIpc) is 3.37. The van der Waals surface area contributed by atoms with Crippen molar-refractivity contribution in [2.75, 3.05) is 11.5 Å². The van der Waals surface area contributed by atoms with E-state index < -0.39 is 53.6 Å². The molecule has 9 nitrogen and oxygen atoms in total. The molecular weight excluding hydrogens is 406 g/mol. The lowest BCUT2D eigenvalue weighted by atomic mass is 9.76. The largest absolute Gasteiger partial charge is 0.494 e. The second-order valence-electron chi connectivity index (χ2n) is 7.70. The molecule has 3 aliphatic rings. The molecule has 1 aromatic carbocycles. The molecule has 0 spiro atoms. The minimum atomic E-state index is -1.56. The molecule has 2 amide bonds. The van der Waals surface area contributed by atoms with Crippen molar-refractivity contribution in [2.45, 2.75) is 45.2 Å². The van der Waals surface area contributed by atoms with Gasteiger partial charge in [0.2, 0.25) is 11.8 Å². The van der Waals surface area contributed by atoms with Crippen LogP contribution in [-0.4, -0.2) is 48.4 Å². The first kappa shape index (κ1) is 21.0. The van der Waals surface area contributed by atoms with E-state index in [0.717, 1.165) is 25.2 Å². The Morgan fingerprint density at radius 1 is 1.10 bits per heavy atom. The van der Waals surface area contributed by atoms with Gasteiger partial charge in [-0.3, -0.25) is 19.2 Å². The molecule has 4 rings (SSSR count). The number of ether oxygens (including phenoxy) is 4. The predicted octanol–water partition coefficient (Wildman–Crippen LogP) is 1.74. The van der Waals surface area contributed by atoms with Gasteiger partial charge in [0.15, 0.2) is 5.60 Å². The van der Waals surface area contributed by atoms with Gasteiger partial charge < -0.3 is 18.9 Å². The Morgan fingerprint density at radius 3 is 2.32 bits per heavy atom. The highest BCUT2D eigenvalue weighted by Crippen LogP contribution is 2.54. The summed E-state index contributed by atoms with van der Waals surface area (Å²) in [7, 11) is 0. The quantitative estimate of drug-likeness (QED) is 0.279. The number of hydrogen-bond donors (Lipinski definition) is 0. The maximum atomic E-state index is 13.4. The molecule has 2 saturated heterocycles. The molecule has 0 saturated carbocycles. The number of nitrogens with zero attached hydrogens (tertiary/aromatic N) is 1. The van der Waals surface area contributed by atoms with Gasteiger partial charge in [-0.15, -0.1) is 0 Å². The fraction of sp³-hybridized carbons (Fsp3) is 0.455. The Hall–Kier alpha value is -3.20. The third-order valence-electron chi connectivity index (χ3n) is 5.56. The van der Waals surface area contributed by atoms with Crippen LogP contribution >= 0.6 is 0 Å². The highest BCUT2D eigenvalue weighted by molar-refractivity contribution is 6.23. The van der Waals surface area contributed by atoms with Crippen LogP contribution in [-0.2, 0) is 33.4 Å². The van der Waals surface area contributed by atoms with Crippen molar-refractivity contribution in [2.24, 2.45) is 11.8 Å². The van der Waals surface area contributed by atoms with Crippen molar-refractivity contribution < 1.29 is 38.1 Å². The summed E-state index contributed by atoms with van der Waals surface area (Å²) in [4.78, 5) is 51.0. The van der Waals surface area contributed by atoms with Crippen molar-refractivity contribution >= 4 is 29.4 Å². The van der Waals surface area contributed by atoms with Crippen LogP contribution in [0, 0.1) is 11.8 Å². The monoisotopic (exact) mass is 429 g/mol. The van der Waals surface area contributed by atoms with Crippen molar-refractivity contribution in [1.82, 2.24) is 0 Å². The van der Waals surface area contributed by atoms with Crippen LogP contribution in [0.3, 0.4) is 0 Å². The van der Waals surface area contributed by atoms with E-state index in [1.165, 1.54) is 0 Å². The molecule has 0 radical (unpaired) electrons. The van der Waals surface area contributed by atoms with E-state index >= 15 is 0 Å². The number of anilines is 1. The molecule has 1 aromatic rings. The van der Waals surface area contributed by atoms with Gasteiger partial charge in [0.1, 0.15) is 5.75 Å². The fourth-order valence-electron chi connectivity index (χ4n) is 4.38. The molecule has 3 aliphatic heterocycles. The van der Waals surface area contributed by atoms with E-state index in [1.54, 1.807) is 36.4 Å². The number of amides is 2. The molecule has 0 N–H and O–H groups in total. The summed E-state index contributed by atoms with van der Waals surface area (Å²) in [6.45, 7) is 4.87. The van der Waals surface area contributed by atoms with Crippen molar-refractivity contribution in [3.8, 4) is 5.75 Å². The summed E-state index contributed by atoms with van der Waals surface area (Å²) in [5.74, 6) is -3.50. The van der Waals surface area contributed by atoms with E-state index in [2.05, 4.69) is 0 Å². The van der Waals surface area contributed by atoms with Gasteiger partial charge in [0.05, 0.1) is 30.2 Å².